The molecule has 3 heterocycles. The molecule has 1 aromatic rings. The minimum Gasteiger partial charge on any atom is -0.380 e. The molecule has 2 fully saturated rings. The van der Waals surface area contributed by atoms with E-state index in [0.29, 0.717) is 5.92 Å². The van der Waals surface area contributed by atoms with Gasteiger partial charge in [0.25, 0.3) is 0 Å². The second-order valence-electron chi connectivity index (χ2n) is 8.23. The number of aryl methyl sites for hydroxylation is 1. The Morgan fingerprint density at radius 3 is 2.62 bits per heavy atom. The minimum atomic E-state index is 0.233. The van der Waals surface area contributed by atoms with Gasteiger partial charge in [-0.3, -0.25) is 9.80 Å². The smallest absolute Gasteiger partial charge is 0.137 e. The molecular weight excluding hydrogens is 302 g/mol. The van der Waals surface area contributed by atoms with Gasteiger partial charge in [-0.2, -0.15) is 0 Å². The summed E-state index contributed by atoms with van der Waals surface area (Å²) in [5.74, 6) is 1.47. The van der Waals surface area contributed by atoms with Crippen LogP contribution in [0.25, 0.3) is 0 Å². The Morgan fingerprint density at radius 2 is 2.00 bits per heavy atom. The van der Waals surface area contributed by atoms with Gasteiger partial charge in [-0.05, 0) is 46.7 Å². The van der Waals surface area contributed by atoms with Crippen molar-refractivity contribution in [3.05, 3.63) is 17.5 Å². The van der Waals surface area contributed by atoms with Crippen LogP contribution in [0.15, 0.2) is 10.6 Å². The summed E-state index contributed by atoms with van der Waals surface area (Å²) in [5.41, 5.74) is 1.19. The van der Waals surface area contributed by atoms with Crippen LogP contribution in [0.5, 0.6) is 0 Å². The maximum absolute atomic E-state index is 5.78. The van der Waals surface area contributed by atoms with E-state index < -0.39 is 0 Å². The first-order valence-electron chi connectivity index (χ1n) is 9.40. The number of ether oxygens (including phenoxy) is 1. The van der Waals surface area contributed by atoms with Crippen molar-refractivity contribution < 1.29 is 9.26 Å². The molecule has 3 rings (SSSR count). The van der Waals surface area contributed by atoms with Crippen LogP contribution in [-0.4, -0.2) is 66.4 Å². The molecule has 0 N–H and O–H groups in total. The van der Waals surface area contributed by atoms with E-state index >= 15 is 0 Å². The summed E-state index contributed by atoms with van der Waals surface area (Å²) in [4.78, 5) is 5.25. The fourth-order valence-corrected chi connectivity index (χ4v) is 4.44. The molecule has 2 atom stereocenters. The van der Waals surface area contributed by atoms with Gasteiger partial charge in [-0.1, -0.05) is 11.6 Å². The quantitative estimate of drug-likeness (QED) is 0.799. The summed E-state index contributed by atoms with van der Waals surface area (Å²) in [5, 5.41) is 4.01. The lowest BCUT2D eigenvalue weighted by Gasteiger charge is -2.43. The predicted octanol–water partition coefficient (Wildman–Crippen LogP) is 2.74. The van der Waals surface area contributed by atoms with Gasteiger partial charge >= 0.3 is 0 Å². The highest BCUT2D eigenvalue weighted by Crippen LogP contribution is 2.28. The number of hydrogen-bond acceptors (Lipinski definition) is 5. The number of nitrogens with zero attached hydrogens (tertiary/aromatic N) is 3. The van der Waals surface area contributed by atoms with Crippen LogP contribution in [0.3, 0.4) is 0 Å². The highest BCUT2D eigenvalue weighted by Gasteiger charge is 2.38. The Labute approximate surface area is 146 Å². The SMILES string of the molecule is CO[C@H]1CN(CC(C)(C)N2CCCCC2)C[C@H]1Cc1cc(C)no1. The van der Waals surface area contributed by atoms with Crippen LogP contribution < -0.4 is 0 Å². The summed E-state index contributed by atoms with van der Waals surface area (Å²) < 4.78 is 11.2. The van der Waals surface area contributed by atoms with Crippen molar-refractivity contribution in [2.45, 2.75) is 58.1 Å². The molecule has 136 valence electrons. The van der Waals surface area contributed by atoms with Crippen molar-refractivity contribution in [3.8, 4) is 0 Å². The number of aromatic nitrogens is 1. The van der Waals surface area contributed by atoms with E-state index in [1.807, 2.05) is 20.1 Å². The zero-order valence-corrected chi connectivity index (χ0v) is 15.8. The number of rotatable bonds is 6. The first-order chi connectivity index (χ1) is 11.5. The first-order valence-corrected chi connectivity index (χ1v) is 9.40. The summed E-state index contributed by atoms with van der Waals surface area (Å²) >= 11 is 0. The topological polar surface area (TPSA) is 41.7 Å². The Bertz CT molecular complexity index is 522. The zero-order valence-electron chi connectivity index (χ0n) is 15.8. The van der Waals surface area contributed by atoms with E-state index in [1.165, 1.54) is 32.4 Å². The molecule has 2 aliphatic heterocycles. The number of likely N-dealkylation sites (tertiary alicyclic amines) is 2. The molecule has 0 aliphatic carbocycles. The highest BCUT2D eigenvalue weighted by molar-refractivity contribution is 5.06. The lowest BCUT2D eigenvalue weighted by molar-refractivity contribution is 0.0529. The van der Waals surface area contributed by atoms with Crippen LogP contribution in [0.1, 0.15) is 44.6 Å². The maximum atomic E-state index is 5.78. The molecule has 5 heteroatoms. The lowest BCUT2D eigenvalue weighted by Crippen LogP contribution is -2.53. The van der Waals surface area contributed by atoms with E-state index in [1.54, 1.807) is 0 Å². The second-order valence-corrected chi connectivity index (χ2v) is 8.23. The molecule has 2 aliphatic rings. The Kier molecular flexibility index (Phi) is 5.63. The van der Waals surface area contributed by atoms with Crippen LogP contribution in [0.2, 0.25) is 0 Å². The average Bonchev–Trinajstić information content (AvgIpc) is 3.14. The summed E-state index contributed by atoms with van der Waals surface area (Å²) in [7, 11) is 1.84. The molecule has 0 radical (unpaired) electrons. The standard InChI is InChI=1S/C19H33N3O2/c1-15-10-17(24-20-15)11-16-12-21(13-18(16)23-4)14-19(2,3)22-8-6-5-7-9-22/h10,16,18H,5-9,11-14H2,1-4H3/t16-,18+/m1/s1. The van der Waals surface area contributed by atoms with Crippen LogP contribution >= 0.6 is 0 Å². The van der Waals surface area contributed by atoms with Crippen molar-refractivity contribution in [3.63, 3.8) is 0 Å². The van der Waals surface area contributed by atoms with E-state index in [9.17, 15) is 0 Å². The molecule has 0 unspecified atom stereocenters. The molecular formula is C19H33N3O2. The molecule has 0 bridgehead atoms. The molecule has 0 saturated carbocycles. The van der Waals surface area contributed by atoms with Gasteiger partial charge in [0.05, 0.1) is 11.8 Å². The number of piperidine rings is 1. The van der Waals surface area contributed by atoms with Gasteiger partial charge in [0.15, 0.2) is 0 Å². The number of methoxy groups -OCH3 is 1. The first kappa shape index (κ1) is 17.9. The van der Waals surface area contributed by atoms with Crippen LogP contribution in [0.4, 0.5) is 0 Å². The predicted molar refractivity (Wildman–Crippen MR) is 95.2 cm³/mol. The third-order valence-corrected chi connectivity index (χ3v) is 5.72. The molecule has 0 amide bonds. The largest absolute Gasteiger partial charge is 0.380 e. The van der Waals surface area contributed by atoms with Gasteiger partial charge in [0, 0.05) is 50.7 Å². The fourth-order valence-electron chi connectivity index (χ4n) is 4.44. The van der Waals surface area contributed by atoms with E-state index in [2.05, 4.69) is 28.8 Å². The van der Waals surface area contributed by atoms with Crippen molar-refractivity contribution in [1.29, 1.82) is 0 Å². The van der Waals surface area contributed by atoms with Gasteiger partial charge in [-0.15, -0.1) is 0 Å². The molecule has 2 saturated heterocycles. The Morgan fingerprint density at radius 1 is 1.25 bits per heavy atom. The van der Waals surface area contributed by atoms with Gasteiger partial charge < -0.3 is 9.26 Å². The van der Waals surface area contributed by atoms with Crippen molar-refractivity contribution in [2.75, 3.05) is 39.8 Å². The van der Waals surface area contributed by atoms with Crippen molar-refractivity contribution in [1.82, 2.24) is 15.0 Å². The summed E-state index contributed by atoms with van der Waals surface area (Å²) in [6, 6.07) is 2.05. The lowest BCUT2D eigenvalue weighted by atomic mass is 9.97. The maximum Gasteiger partial charge on any atom is 0.137 e. The van der Waals surface area contributed by atoms with Crippen LogP contribution in [0, 0.1) is 12.8 Å². The molecule has 0 spiro atoms. The molecule has 1 aromatic heterocycles. The second kappa shape index (κ2) is 7.54. The van der Waals surface area contributed by atoms with Gasteiger partial charge in [0.1, 0.15) is 5.76 Å². The third kappa shape index (κ3) is 4.19. The minimum absolute atomic E-state index is 0.233. The van der Waals surface area contributed by atoms with Crippen molar-refractivity contribution >= 4 is 0 Å². The molecule has 0 aromatic carbocycles. The van der Waals surface area contributed by atoms with Gasteiger partial charge in [0.2, 0.25) is 0 Å². The molecule has 24 heavy (non-hydrogen) atoms. The van der Waals surface area contributed by atoms with E-state index in [-0.39, 0.29) is 11.6 Å². The monoisotopic (exact) mass is 335 g/mol. The number of hydrogen-bond donors (Lipinski definition) is 0. The Balaban J connectivity index is 1.58. The van der Waals surface area contributed by atoms with Crippen molar-refractivity contribution in [2.24, 2.45) is 5.92 Å². The summed E-state index contributed by atoms with van der Waals surface area (Å²) in [6.07, 6.45) is 5.28. The third-order valence-electron chi connectivity index (χ3n) is 5.72. The summed E-state index contributed by atoms with van der Waals surface area (Å²) in [6.45, 7) is 12.5. The Hall–Kier alpha value is -0.910. The van der Waals surface area contributed by atoms with E-state index in [4.69, 9.17) is 9.26 Å². The highest BCUT2D eigenvalue weighted by atomic mass is 16.5. The average molecular weight is 335 g/mol. The fraction of sp³-hybridized carbons (Fsp3) is 0.842. The van der Waals surface area contributed by atoms with Gasteiger partial charge in [-0.25, -0.2) is 0 Å². The molecule has 5 nitrogen and oxygen atoms in total. The van der Waals surface area contributed by atoms with E-state index in [0.717, 1.165) is 37.5 Å². The zero-order chi connectivity index (χ0) is 17.2. The van der Waals surface area contributed by atoms with Crippen LogP contribution in [-0.2, 0) is 11.2 Å². The normalized spacial score (nSPS) is 27.0.